The Morgan fingerprint density at radius 3 is 2.38 bits per heavy atom. The van der Waals surface area contributed by atoms with Crippen LogP contribution in [0, 0.1) is 5.92 Å². The molecular formula is C28H44FN5O3. The average Bonchev–Trinajstić information content (AvgIpc) is 3.62. The summed E-state index contributed by atoms with van der Waals surface area (Å²) in [5, 5.41) is 6.49. The molecule has 6 aliphatic rings. The highest BCUT2D eigenvalue weighted by molar-refractivity contribution is 6.20. The van der Waals surface area contributed by atoms with Gasteiger partial charge in [-0.2, -0.15) is 0 Å². The minimum atomic E-state index is -1.17. The van der Waals surface area contributed by atoms with Crippen molar-refractivity contribution in [3.05, 3.63) is 11.8 Å². The van der Waals surface area contributed by atoms with Gasteiger partial charge in [0.1, 0.15) is 6.17 Å². The normalized spacial score (nSPS) is 38.3. The second kappa shape index (κ2) is 11.3. The predicted octanol–water partition coefficient (Wildman–Crippen LogP) is 1.46. The van der Waals surface area contributed by atoms with Crippen molar-refractivity contribution in [3.8, 4) is 0 Å². The quantitative estimate of drug-likeness (QED) is 0.472. The number of hydrogen-bond donors (Lipinski definition) is 2. The van der Waals surface area contributed by atoms with Gasteiger partial charge in [-0.15, -0.1) is 0 Å². The lowest BCUT2D eigenvalue weighted by atomic mass is 9.69. The van der Waals surface area contributed by atoms with Gasteiger partial charge in [-0.1, -0.05) is 12.8 Å². The van der Waals surface area contributed by atoms with E-state index in [0.29, 0.717) is 6.54 Å². The molecule has 3 saturated heterocycles. The van der Waals surface area contributed by atoms with Crippen LogP contribution in [0.15, 0.2) is 11.8 Å². The minimum Gasteiger partial charge on any atom is -0.369 e. The second-order valence-electron chi connectivity index (χ2n) is 12.0. The fourth-order valence-electron chi connectivity index (χ4n) is 7.81. The summed E-state index contributed by atoms with van der Waals surface area (Å²) in [5.74, 6) is -1.05. The molecule has 0 radical (unpaired) electrons. The van der Waals surface area contributed by atoms with Crippen LogP contribution in [-0.2, 0) is 14.3 Å². The summed E-state index contributed by atoms with van der Waals surface area (Å²) in [6.07, 6.45) is 9.50. The summed E-state index contributed by atoms with van der Waals surface area (Å²) in [7, 11) is 0. The maximum Gasteiger partial charge on any atom is 0.256 e. The third-order valence-electron chi connectivity index (χ3n) is 9.74. The SMILES string of the molecule is O=C(NCCN1CCCC1)C1=CN2C3CCCCC3OC3C(NCCN4CCCC4)C(F)CC(C1=O)C32. The Morgan fingerprint density at radius 1 is 0.973 bits per heavy atom. The van der Waals surface area contributed by atoms with Gasteiger partial charge in [0, 0.05) is 38.3 Å². The number of Topliss-reactive ketones (excluding diaryl/α,β-unsaturated/α-hetero) is 1. The lowest BCUT2D eigenvalue weighted by Crippen LogP contribution is -2.73. The zero-order valence-corrected chi connectivity index (χ0v) is 22.1. The van der Waals surface area contributed by atoms with Crippen LogP contribution in [0.3, 0.4) is 0 Å². The minimum absolute atomic E-state index is 0.0211. The van der Waals surface area contributed by atoms with Crippen LogP contribution in [0.4, 0.5) is 4.39 Å². The average molecular weight is 518 g/mol. The first-order valence-electron chi connectivity index (χ1n) is 14.9. The Labute approximate surface area is 220 Å². The number of halogens is 1. The van der Waals surface area contributed by atoms with Crippen LogP contribution in [-0.4, -0.2) is 115 Å². The van der Waals surface area contributed by atoms with Gasteiger partial charge in [-0.05, 0) is 71.1 Å². The molecule has 0 aromatic carbocycles. The van der Waals surface area contributed by atoms with Gasteiger partial charge in [0.25, 0.3) is 5.91 Å². The third-order valence-corrected chi connectivity index (χ3v) is 9.74. The van der Waals surface area contributed by atoms with E-state index >= 15 is 4.39 Å². The Kier molecular flexibility index (Phi) is 7.84. The van der Waals surface area contributed by atoms with E-state index in [-0.39, 0.29) is 48.0 Å². The number of ketones is 1. The van der Waals surface area contributed by atoms with Gasteiger partial charge in [0.2, 0.25) is 0 Å². The maximum absolute atomic E-state index is 15.8. The number of nitrogens with zero attached hydrogens (tertiary/aromatic N) is 3. The smallest absolute Gasteiger partial charge is 0.256 e. The lowest BCUT2D eigenvalue weighted by Gasteiger charge is -2.59. The van der Waals surface area contributed by atoms with E-state index in [2.05, 4.69) is 25.3 Å². The summed E-state index contributed by atoms with van der Waals surface area (Å²) >= 11 is 0. The van der Waals surface area contributed by atoms with Gasteiger partial charge in [0.05, 0.1) is 35.9 Å². The monoisotopic (exact) mass is 517 g/mol. The molecule has 7 unspecified atom stereocenters. The number of amides is 1. The van der Waals surface area contributed by atoms with Gasteiger partial charge in [-0.3, -0.25) is 9.59 Å². The van der Waals surface area contributed by atoms with Crippen LogP contribution in [0.25, 0.3) is 0 Å². The predicted molar refractivity (Wildman–Crippen MR) is 139 cm³/mol. The number of carbonyl (C=O) groups excluding carboxylic acids is 2. The summed E-state index contributed by atoms with van der Waals surface area (Å²) in [4.78, 5) is 33.9. The topological polar surface area (TPSA) is 77.2 Å². The van der Waals surface area contributed by atoms with E-state index in [4.69, 9.17) is 4.74 Å². The molecule has 0 aromatic heterocycles. The summed E-state index contributed by atoms with van der Waals surface area (Å²) < 4.78 is 22.4. The number of rotatable bonds is 8. The molecule has 0 bridgehead atoms. The molecule has 37 heavy (non-hydrogen) atoms. The molecule has 5 fully saturated rings. The summed E-state index contributed by atoms with van der Waals surface area (Å²) in [6, 6.07) is -0.477. The Balaban J connectivity index is 1.19. The van der Waals surface area contributed by atoms with E-state index in [1.54, 1.807) is 0 Å². The van der Waals surface area contributed by atoms with Gasteiger partial charge in [0.15, 0.2) is 5.78 Å². The number of carbonyl (C=O) groups is 2. The van der Waals surface area contributed by atoms with Crippen molar-refractivity contribution in [1.82, 2.24) is 25.3 Å². The molecule has 4 aliphatic heterocycles. The number of hydrogen-bond acceptors (Lipinski definition) is 7. The van der Waals surface area contributed by atoms with Crippen molar-refractivity contribution < 1.29 is 18.7 Å². The zero-order chi connectivity index (χ0) is 25.4. The van der Waals surface area contributed by atoms with E-state index < -0.39 is 18.1 Å². The molecule has 206 valence electrons. The highest BCUT2D eigenvalue weighted by Gasteiger charge is 2.58. The Bertz CT molecular complexity index is 874. The lowest BCUT2D eigenvalue weighted by molar-refractivity contribution is -0.197. The number of likely N-dealkylation sites (tertiary alicyclic amines) is 2. The first kappa shape index (κ1) is 25.7. The van der Waals surface area contributed by atoms with Crippen LogP contribution in [0.5, 0.6) is 0 Å². The van der Waals surface area contributed by atoms with Crippen LogP contribution in [0.1, 0.15) is 57.8 Å². The molecule has 2 aliphatic carbocycles. The molecule has 0 spiro atoms. The van der Waals surface area contributed by atoms with Gasteiger partial charge in [-0.25, -0.2) is 4.39 Å². The van der Waals surface area contributed by atoms with Crippen molar-refractivity contribution in [3.63, 3.8) is 0 Å². The molecular weight excluding hydrogens is 473 g/mol. The molecule has 1 amide bonds. The number of morpholine rings is 1. The molecule has 8 nitrogen and oxygen atoms in total. The third kappa shape index (κ3) is 5.21. The molecule has 2 N–H and O–H groups in total. The fourth-order valence-corrected chi connectivity index (χ4v) is 7.81. The van der Waals surface area contributed by atoms with Gasteiger partial charge >= 0.3 is 0 Å². The number of fused-ring (bicyclic) bond motifs is 2. The molecule has 4 heterocycles. The zero-order valence-electron chi connectivity index (χ0n) is 22.1. The fraction of sp³-hybridized carbons (Fsp3) is 0.857. The first-order chi connectivity index (χ1) is 18.1. The van der Waals surface area contributed by atoms with E-state index in [0.717, 1.165) is 71.5 Å². The van der Waals surface area contributed by atoms with Crippen LogP contribution in [0.2, 0.25) is 0 Å². The number of nitrogens with one attached hydrogen (secondary N) is 2. The standard InChI is InChI=1S/C28H44FN5O3/c29-21-17-19-25-27(24(21)30-9-15-32-11-3-4-12-32)37-23-8-2-1-7-22(23)34(25)18-20(26(19)35)28(36)31-10-16-33-13-5-6-14-33/h18-19,21-25,27,30H,1-17H2,(H,31,36). The van der Waals surface area contributed by atoms with Crippen molar-refractivity contribution in [2.75, 3.05) is 52.4 Å². The van der Waals surface area contributed by atoms with Crippen molar-refractivity contribution in [2.24, 2.45) is 5.92 Å². The summed E-state index contributed by atoms with van der Waals surface area (Å²) in [5.41, 5.74) is 0.209. The highest BCUT2D eigenvalue weighted by Crippen LogP contribution is 2.45. The van der Waals surface area contributed by atoms with E-state index in [1.807, 2.05) is 6.20 Å². The molecule has 2 saturated carbocycles. The molecule has 7 atom stereocenters. The number of ether oxygens (including phenoxy) is 1. The number of alkyl halides is 1. The van der Waals surface area contributed by atoms with Crippen LogP contribution >= 0.6 is 0 Å². The Hall–Kier alpha value is -1.55. The largest absolute Gasteiger partial charge is 0.369 e. The van der Waals surface area contributed by atoms with Crippen LogP contribution < -0.4 is 10.6 Å². The van der Waals surface area contributed by atoms with Crippen molar-refractivity contribution in [2.45, 2.75) is 94.3 Å². The van der Waals surface area contributed by atoms with E-state index in [9.17, 15) is 9.59 Å². The molecule has 6 rings (SSSR count). The van der Waals surface area contributed by atoms with Crippen molar-refractivity contribution in [1.29, 1.82) is 0 Å². The van der Waals surface area contributed by atoms with Crippen molar-refractivity contribution >= 4 is 11.7 Å². The first-order valence-corrected chi connectivity index (χ1v) is 14.9. The van der Waals surface area contributed by atoms with Gasteiger partial charge < -0.3 is 30.1 Å². The second-order valence-corrected chi connectivity index (χ2v) is 12.0. The van der Waals surface area contributed by atoms with E-state index in [1.165, 1.54) is 25.7 Å². The highest BCUT2D eigenvalue weighted by atomic mass is 19.1. The molecule has 0 aromatic rings. The molecule has 9 heteroatoms. The maximum atomic E-state index is 15.8. The Morgan fingerprint density at radius 2 is 1.65 bits per heavy atom. The summed E-state index contributed by atoms with van der Waals surface area (Å²) in [6.45, 7) is 7.37.